The molecule has 3 aromatic carbocycles. The van der Waals surface area contributed by atoms with E-state index < -0.39 is 37.6 Å². The van der Waals surface area contributed by atoms with E-state index in [0.717, 1.165) is 30.4 Å². The van der Waals surface area contributed by atoms with Crippen molar-refractivity contribution in [3.8, 4) is 5.75 Å². The van der Waals surface area contributed by atoms with Crippen molar-refractivity contribution in [2.45, 2.75) is 55.2 Å². The topological polar surface area (TPSA) is 128 Å². The van der Waals surface area contributed by atoms with Crippen LogP contribution in [0.2, 0.25) is 10.0 Å². The Balaban J connectivity index is 1.45. The summed E-state index contributed by atoms with van der Waals surface area (Å²) < 4.78 is 59.3. The third-order valence-electron chi connectivity index (χ3n) is 10.1. The maximum Gasteiger partial charge on any atom is 0.262 e. The normalized spacial score (nSPS) is 23.5. The summed E-state index contributed by atoms with van der Waals surface area (Å²) in [6.07, 6.45) is 4.32. The number of carbonyl (C=O) groups excluding carboxylic acids is 1. The first kappa shape index (κ1) is 39.0. The second kappa shape index (κ2) is 16.3. The van der Waals surface area contributed by atoms with Gasteiger partial charge in [0.2, 0.25) is 10.0 Å². The van der Waals surface area contributed by atoms with Crippen LogP contribution < -0.4 is 15.4 Å². The second-order valence-electron chi connectivity index (χ2n) is 13.8. The van der Waals surface area contributed by atoms with E-state index in [1.165, 1.54) is 10.6 Å². The fourth-order valence-corrected chi connectivity index (χ4v) is 9.87. The van der Waals surface area contributed by atoms with Crippen LogP contribution in [0.3, 0.4) is 0 Å². The number of ether oxygens (including phenoxy) is 1. The van der Waals surface area contributed by atoms with Crippen LogP contribution in [0, 0.1) is 0 Å². The first-order valence-electron chi connectivity index (χ1n) is 17.8. The predicted octanol–water partition coefficient (Wildman–Crippen LogP) is 4.97. The van der Waals surface area contributed by atoms with Gasteiger partial charge < -0.3 is 9.64 Å². The minimum Gasteiger partial charge on any atom is -0.493 e. The van der Waals surface area contributed by atoms with Gasteiger partial charge in [0.05, 0.1) is 29.3 Å². The smallest absolute Gasteiger partial charge is 0.262 e. The van der Waals surface area contributed by atoms with Crippen LogP contribution in [0.4, 0.5) is 0 Å². The lowest BCUT2D eigenvalue weighted by Gasteiger charge is -2.41. The van der Waals surface area contributed by atoms with Crippen molar-refractivity contribution < 1.29 is 26.4 Å². The standard InChI is InChI=1S/C37H47Cl2N5O6S2/c1-3-50-33-17-16-31(52(48,49)44-19-5-4-6-20-44)26-32(33)37(36(45)43-23-21-42(22-24-43)18-7-25-51(2,46)47)40-34(27-8-12-29(38)13-9-27)35(41-37)28-10-14-30(39)15-11-28/h8-17,26,34-35,40-41H,3-7,18-25H2,1-2H3/t34-,35+,37?. The van der Waals surface area contributed by atoms with Gasteiger partial charge in [-0.2, -0.15) is 4.31 Å². The maximum absolute atomic E-state index is 15.3. The molecule has 2 N–H and O–H groups in total. The number of amides is 1. The Morgan fingerprint density at radius 1 is 0.808 bits per heavy atom. The Morgan fingerprint density at radius 2 is 1.37 bits per heavy atom. The first-order valence-corrected chi connectivity index (χ1v) is 22.1. The largest absolute Gasteiger partial charge is 0.493 e. The van der Waals surface area contributed by atoms with E-state index in [1.807, 2.05) is 31.2 Å². The van der Waals surface area contributed by atoms with E-state index >= 15 is 4.79 Å². The molecule has 52 heavy (non-hydrogen) atoms. The molecular weight excluding hydrogens is 745 g/mol. The lowest BCUT2D eigenvalue weighted by molar-refractivity contribution is -0.141. The zero-order valence-electron chi connectivity index (χ0n) is 29.6. The molecule has 0 spiro atoms. The number of sulfonamides is 1. The Bertz CT molecular complexity index is 1880. The highest BCUT2D eigenvalue weighted by molar-refractivity contribution is 7.90. The van der Waals surface area contributed by atoms with Gasteiger partial charge in [-0.05, 0) is 86.3 Å². The summed E-state index contributed by atoms with van der Waals surface area (Å²) in [5.41, 5.74) is 0.503. The van der Waals surface area contributed by atoms with Crippen molar-refractivity contribution in [2.75, 3.05) is 64.4 Å². The fraction of sp³-hybridized carbons (Fsp3) is 0.486. The molecule has 0 bridgehead atoms. The van der Waals surface area contributed by atoms with Crippen molar-refractivity contribution in [2.24, 2.45) is 0 Å². The number of nitrogens with one attached hydrogen (secondary N) is 2. The van der Waals surface area contributed by atoms with Crippen LogP contribution in [0.15, 0.2) is 71.6 Å². The van der Waals surface area contributed by atoms with Gasteiger partial charge >= 0.3 is 0 Å². The predicted molar refractivity (Wildman–Crippen MR) is 204 cm³/mol. The number of hydrogen-bond acceptors (Lipinski definition) is 9. The number of hydrogen-bond donors (Lipinski definition) is 2. The molecule has 282 valence electrons. The molecule has 3 atom stereocenters. The molecule has 3 aliphatic heterocycles. The van der Waals surface area contributed by atoms with Crippen molar-refractivity contribution in [1.29, 1.82) is 0 Å². The Hall–Kier alpha value is -2.75. The first-order chi connectivity index (χ1) is 24.8. The molecule has 3 saturated heterocycles. The minimum atomic E-state index is -3.87. The van der Waals surface area contributed by atoms with Crippen LogP contribution in [0.5, 0.6) is 5.75 Å². The van der Waals surface area contributed by atoms with Gasteiger partial charge in [0, 0.05) is 61.1 Å². The van der Waals surface area contributed by atoms with Gasteiger partial charge in [-0.25, -0.2) is 16.8 Å². The molecule has 3 heterocycles. The average molecular weight is 793 g/mol. The fourth-order valence-electron chi connectivity index (χ4n) is 7.42. The van der Waals surface area contributed by atoms with Crippen molar-refractivity contribution in [3.63, 3.8) is 0 Å². The molecule has 0 aromatic heterocycles. The lowest BCUT2D eigenvalue weighted by Crippen LogP contribution is -2.62. The molecule has 3 aliphatic rings. The average Bonchev–Trinajstić information content (AvgIpc) is 3.54. The van der Waals surface area contributed by atoms with Gasteiger partial charge in [0.15, 0.2) is 5.66 Å². The zero-order chi connectivity index (χ0) is 37.1. The van der Waals surface area contributed by atoms with Gasteiger partial charge in [0.1, 0.15) is 15.6 Å². The summed E-state index contributed by atoms with van der Waals surface area (Å²) in [5, 5.41) is 8.52. The molecule has 0 radical (unpaired) electrons. The van der Waals surface area contributed by atoms with Crippen LogP contribution in [0.25, 0.3) is 0 Å². The van der Waals surface area contributed by atoms with Gasteiger partial charge in [0.25, 0.3) is 5.91 Å². The second-order valence-corrected chi connectivity index (χ2v) is 18.8. The number of nitrogens with zero attached hydrogens (tertiary/aromatic N) is 3. The van der Waals surface area contributed by atoms with Gasteiger partial charge in [-0.1, -0.05) is 53.9 Å². The van der Waals surface area contributed by atoms with Crippen LogP contribution in [-0.4, -0.2) is 101 Å². The number of piperidine rings is 1. The molecule has 0 saturated carbocycles. The molecule has 0 aliphatic carbocycles. The number of halogens is 2. The molecule has 1 amide bonds. The summed E-state index contributed by atoms with van der Waals surface area (Å²) in [6.45, 7) is 5.56. The van der Waals surface area contributed by atoms with Crippen LogP contribution in [-0.2, 0) is 30.3 Å². The summed E-state index contributed by atoms with van der Waals surface area (Å²) >= 11 is 12.6. The maximum atomic E-state index is 15.3. The molecule has 11 nitrogen and oxygen atoms in total. The van der Waals surface area contributed by atoms with E-state index in [4.69, 9.17) is 27.9 Å². The molecule has 3 fully saturated rings. The summed E-state index contributed by atoms with van der Waals surface area (Å²) in [4.78, 5) is 19.4. The summed E-state index contributed by atoms with van der Waals surface area (Å²) in [7, 11) is -6.94. The minimum absolute atomic E-state index is 0.0947. The van der Waals surface area contributed by atoms with E-state index in [1.54, 1.807) is 47.4 Å². The van der Waals surface area contributed by atoms with E-state index in [2.05, 4.69) is 15.5 Å². The van der Waals surface area contributed by atoms with Gasteiger partial charge in [-0.3, -0.25) is 20.3 Å². The highest BCUT2D eigenvalue weighted by Gasteiger charge is 2.55. The third kappa shape index (κ3) is 8.63. The zero-order valence-corrected chi connectivity index (χ0v) is 32.7. The number of rotatable bonds is 12. The van der Waals surface area contributed by atoms with E-state index in [-0.39, 0.29) is 16.6 Å². The lowest BCUT2D eigenvalue weighted by atomic mass is 9.95. The number of piperazine rings is 1. The van der Waals surface area contributed by atoms with Gasteiger partial charge in [-0.15, -0.1) is 0 Å². The quantitative estimate of drug-likeness (QED) is 0.261. The van der Waals surface area contributed by atoms with Crippen molar-refractivity contribution in [3.05, 3.63) is 93.5 Å². The van der Waals surface area contributed by atoms with E-state index in [0.29, 0.717) is 80.2 Å². The number of sulfone groups is 1. The summed E-state index contributed by atoms with van der Waals surface area (Å²) in [6, 6.07) is 18.8. The van der Waals surface area contributed by atoms with Crippen molar-refractivity contribution >= 4 is 49.0 Å². The monoisotopic (exact) mass is 791 g/mol. The molecule has 15 heteroatoms. The molecule has 3 aromatic rings. The molecular formula is C37H47Cl2N5O6S2. The van der Waals surface area contributed by atoms with Crippen LogP contribution >= 0.6 is 23.2 Å². The SMILES string of the molecule is CCOc1ccc(S(=O)(=O)N2CCCCC2)cc1C1(C(=O)N2CCN(CCCS(C)(=O)=O)CC2)N[C@H](c2ccc(Cl)cc2)[C@H](c2ccc(Cl)cc2)N1. The number of benzene rings is 3. The number of carbonyl (C=O) groups is 1. The third-order valence-corrected chi connectivity index (χ3v) is 13.5. The highest BCUT2D eigenvalue weighted by atomic mass is 35.5. The van der Waals surface area contributed by atoms with Crippen molar-refractivity contribution in [1.82, 2.24) is 24.7 Å². The molecule has 1 unspecified atom stereocenters. The Morgan fingerprint density at radius 3 is 1.88 bits per heavy atom. The Labute approximate surface area is 317 Å². The highest BCUT2D eigenvalue weighted by Crippen LogP contribution is 2.45. The Kier molecular flexibility index (Phi) is 12.2. The molecule has 6 rings (SSSR count). The van der Waals surface area contributed by atoms with Crippen LogP contribution in [0.1, 0.15) is 61.4 Å². The van der Waals surface area contributed by atoms with E-state index in [9.17, 15) is 16.8 Å². The summed E-state index contributed by atoms with van der Waals surface area (Å²) in [5.74, 6) is 0.227.